The quantitative estimate of drug-likeness (QED) is 0.682. The van der Waals surface area contributed by atoms with Gasteiger partial charge in [0.05, 0.1) is 32.0 Å². The van der Waals surface area contributed by atoms with Crippen LogP contribution in [0.3, 0.4) is 0 Å². The van der Waals surface area contributed by atoms with E-state index in [0.717, 1.165) is 49.2 Å². The maximum Gasteiger partial charge on any atom is 0.122 e. The van der Waals surface area contributed by atoms with Crippen LogP contribution in [0.15, 0.2) is 53.3 Å². The van der Waals surface area contributed by atoms with Crippen LogP contribution in [0, 0.1) is 12.8 Å². The van der Waals surface area contributed by atoms with Gasteiger partial charge in [0.25, 0.3) is 0 Å². The van der Waals surface area contributed by atoms with Crippen LogP contribution in [0.1, 0.15) is 23.0 Å². The average Bonchev–Trinajstić information content (AvgIpc) is 3.21. The molecule has 0 aliphatic carbocycles. The van der Waals surface area contributed by atoms with Gasteiger partial charge in [0.1, 0.15) is 17.3 Å². The number of furan rings is 1. The molecule has 0 unspecified atom stereocenters. The lowest BCUT2D eigenvalue weighted by atomic mass is 10.1. The van der Waals surface area contributed by atoms with Crippen molar-refractivity contribution in [2.75, 3.05) is 13.2 Å². The fraction of sp³-hybridized carbons (Fsp3) is 0.400. The number of nitrogens with zero attached hydrogens (tertiary/aromatic N) is 4. The van der Waals surface area contributed by atoms with E-state index in [9.17, 15) is 0 Å². The molecule has 26 heavy (non-hydrogen) atoms. The minimum Gasteiger partial charge on any atom is -0.465 e. The highest BCUT2D eigenvalue weighted by molar-refractivity contribution is 5.06. The van der Waals surface area contributed by atoms with Crippen molar-refractivity contribution < 1.29 is 9.15 Å². The van der Waals surface area contributed by atoms with Gasteiger partial charge in [-0.05, 0) is 31.2 Å². The SMILES string of the molecule is Cc1ccc(CN2Cc3nccn3C[C@@H](COCc3ccccn3)C2)o1. The summed E-state index contributed by atoms with van der Waals surface area (Å²) in [6, 6.07) is 9.97. The summed E-state index contributed by atoms with van der Waals surface area (Å²) in [4.78, 5) is 11.2. The lowest BCUT2D eigenvalue weighted by molar-refractivity contribution is 0.0637. The van der Waals surface area contributed by atoms with Crippen LogP contribution in [0.5, 0.6) is 0 Å². The second-order valence-corrected chi connectivity index (χ2v) is 6.88. The number of rotatable bonds is 6. The van der Waals surface area contributed by atoms with Crippen molar-refractivity contribution in [3.05, 3.63) is 72.0 Å². The molecule has 0 spiro atoms. The zero-order valence-electron chi connectivity index (χ0n) is 15.0. The molecular weight excluding hydrogens is 328 g/mol. The Hall–Kier alpha value is -2.44. The summed E-state index contributed by atoms with van der Waals surface area (Å²) in [5.74, 6) is 3.44. The highest BCUT2D eigenvalue weighted by Crippen LogP contribution is 2.19. The zero-order valence-corrected chi connectivity index (χ0v) is 15.0. The highest BCUT2D eigenvalue weighted by atomic mass is 16.5. The molecule has 1 atom stereocenters. The number of pyridine rings is 1. The molecule has 4 heterocycles. The van der Waals surface area contributed by atoms with Gasteiger partial charge in [-0.15, -0.1) is 0 Å². The van der Waals surface area contributed by atoms with Crippen LogP contribution in [0.2, 0.25) is 0 Å². The van der Waals surface area contributed by atoms with Gasteiger partial charge in [0.15, 0.2) is 0 Å². The summed E-state index contributed by atoms with van der Waals surface area (Å²) in [7, 11) is 0. The van der Waals surface area contributed by atoms with Crippen LogP contribution in [-0.2, 0) is 31.0 Å². The molecule has 6 heteroatoms. The Morgan fingerprint density at radius 3 is 2.92 bits per heavy atom. The Bertz CT molecular complexity index is 827. The van der Waals surface area contributed by atoms with E-state index >= 15 is 0 Å². The van der Waals surface area contributed by atoms with Crippen molar-refractivity contribution in [3.63, 3.8) is 0 Å². The van der Waals surface area contributed by atoms with Gasteiger partial charge < -0.3 is 13.7 Å². The highest BCUT2D eigenvalue weighted by Gasteiger charge is 2.23. The monoisotopic (exact) mass is 352 g/mol. The predicted molar refractivity (Wildman–Crippen MR) is 97.2 cm³/mol. The molecule has 1 aliphatic heterocycles. The van der Waals surface area contributed by atoms with Gasteiger partial charge in [0, 0.05) is 37.6 Å². The maximum absolute atomic E-state index is 5.96. The van der Waals surface area contributed by atoms with E-state index in [-0.39, 0.29) is 0 Å². The van der Waals surface area contributed by atoms with Crippen LogP contribution >= 0.6 is 0 Å². The molecule has 0 saturated heterocycles. The van der Waals surface area contributed by atoms with E-state index in [1.165, 1.54) is 0 Å². The van der Waals surface area contributed by atoms with Crippen LogP contribution in [0.25, 0.3) is 0 Å². The van der Waals surface area contributed by atoms with E-state index in [2.05, 4.69) is 31.7 Å². The number of aromatic nitrogens is 3. The number of imidazole rings is 1. The van der Waals surface area contributed by atoms with Crippen molar-refractivity contribution >= 4 is 0 Å². The van der Waals surface area contributed by atoms with Gasteiger partial charge >= 0.3 is 0 Å². The molecule has 0 amide bonds. The van der Waals surface area contributed by atoms with Crippen LogP contribution in [0.4, 0.5) is 0 Å². The Kier molecular flexibility index (Phi) is 5.13. The smallest absolute Gasteiger partial charge is 0.122 e. The van der Waals surface area contributed by atoms with E-state index in [1.54, 1.807) is 6.20 Å². The van der Waals surface area contributed by atoms with Gasteiger partial charge in [-0.3, -0.25) is 9.88 Å². The van der Waals surface area contributed by atoms with Gasteiger partial charge in [0.2, 0.25) is 0 Å². The van der Waals surface area contributed by atoms with Crippen LogP contribution < -0.4 is 0 Å². The summed E-state index contributed by atoms with van der Waals surface area (Å²) < 4.78 is 14.0. The Morgan fingerprint density at radius 1 is 1.15 bits per heavy atom. The maximum atomic E-state index is 5.96. The molecule has 3 aromatic rings. The summed E-state index contributed by atoms with van der Waals surface area (Å²) in [6.45, 7) is 6.71. The largest absolute Gasteiger partial charge is 0.465 e. The fourth-order valence-corrected chi connectivity index (χ4v) is 3.45. The first-order valence-corrected chi connectivity index (χ1v) is 9.01. The number of aryl methyl sites for hydroxylation is 1. The predicted octanol–water partition coefficient (Wildman–Crippen LogP) is 3.03. The molecule has 1 aliphatic rings. The number of hydrogen-bond acceptors (Lipinski definition) is 5. The second kappa shape index (κ2) is 7.85. The summed E-state index contributed by atoms with van der Waals surface area (Å²) in [6.07, 6.45) is 5.73. The van der Waals surface area contributed by atoms with Gasteiger partial charge in [-0.2, -0.15) is 0 Å². The van der Waals surface area contributed by atoms with E-state index in [0.29, 0.717) is 19.1 Å². The Balaban J connectivity index is 1.40. The minimum absolute atomic E-state index is 0.394. The molecule has 0 saturated carbocycles. The topological polar surface area (TPSA) is 56.3 Å². The summed E-state index contributed by atoms with van der Waals surface area (Å²) in [5, 5.41) is 0. The number of fused-ring (bicyclic) bond motifs is 1. The van der Waals surface area contributed by atoms with Crippen molar-refractivity contribution in [2.45, 2.75) is 33.2 Å². The van der Waals surface area contributed by atoms with Crippen molar-refractivity contribution in [1.29, 1.82) is 0 Å². The third-order valence-electron chi connectivity index (χ3n) is 4.64. The lowest BCUT2D eigenvalue weighted by Crippen LogP contribution is -2.30. The first-order valence-electron chi connectivity index (χ1n) is 9.01. The van der Waals surface area contributed by atoms with Crippen LogP contribution in [-0.4, -0.2) is 32.6 Å². The molecule has 6 nitrogen and oxygen atoms in total. The Labute approximate surface area is 153 Å². The van der Waals surface area contributed by atoms with E-state index in [4.69, 9.17) is 9.15 Å². The normalized spacial score (nSPS) is 17.8. The molecule has 4 rings (SSSR count). The third kappa shape index (κ3) is 4.20. The van der Waals surface area contributed by atoms with Crippen molar-refractivity contribution in [1.82, 2.24) is 19.4 Å². The minimum atomic E-state index is 0.394. The molecule has 0 aromatic carbocycles. The Morgan fingerprint density at radius 2 is 2.12 bits per heavy atom. The molecule has 0 fully saturated rings. The van der Waals surface area contributed by atoms with Gasteiger partial charge in [-0.1, -0.05) is 6.07 Å². The molecule has 0 N–H and O–H groups in total. The lowest BCUT2D eigenvalue weighted by Gasteiger charge is -2.22. The van der Waals surface area contributed by atoms with E-state index in [1.807, 2.05) is 37.4 Å². The van der Waals surface area contributed by atoms with E-state index < -0.39 is 0 Å². The van der Waals surface area contributed by atoms with Crippen molar-refractivity contribution in [3.8, 4) is 0 Å². The first kappa shape index (κ1) is 17.0. The van der Waals surface area contributed by atoms with Gasteiger partial charge in [-0.25, -0.2) is 4.98 Å². The third-order valence-corrected chi connectivity index (χ3v) is 4.64. The average molecular weight is 352 g/mol. The first-order chi connectivity index (χ1) is 12.8. The number of ether oxygens (including phenoxy) is 1. The standard InChI is InChI=1S/C20H24N4O2/c1-16-5-6-19(26-16)12-23-10-17(11-24-9-8-22-20(24)13-23)14-25-15-18-4-2-3-7-21-18/h2-9,17H,10-15H2,1H3/t17-/m0/s1. The molecule has 0 radical (unpaired) electrons. The zero-order chi connectivity index (χ0) is 17.8. The fourth-order valence-electron chi connectivity index (χ4n) is 3.45. The second-order valence-electron chi connectivity index (χ2n) is 6.88. The number of hydrogen-bond donors (Lipinski definition) is 0. The molecule has 3 aromatic heterocycles. The molecule has 136 valence electrons. The molecule has 0 bridgehead atoms. The van der Waals surface area contributed by atoms with Crippen molar-refractivity contribution in [2.24, 2.45) is 5.92 Å². The summed E-state index contributed by atoms with van der Waals surface area (Å²) >= 11 is 0. The summed E-state index contributed by atoms with van der Waals surface area (Å²) in [5.41, 5.74) is 0.965. The molecular formula is C20H24N4O2.